The summed E-state index contributed by atoms with van der Waals surface area (Å²) in [5, 5.41) is 7.72. The van der Waals surface area contributed by atoms with E-state index in [1.54, 1.807) is 18.2 Å². The average molecular weight is 487 g/mol. The summed E-state index contributed by atoms with van der Waals surface area (Å²) in [5.41, 5.74) is 0.653. The molecule has 1 aliphatic rings. The van der Waals surface area contributed by atoms with Crippen LogP contribution in [0.5, 0.6) is 11.5 Å². The molecule has 178 valence electrons. The molecule has 0 radical (unpaired) electrons. The van der Waals surface area contributed by atoms with Crippen LogP contribution in [0, 0.1) is 11.7 Å². The number of methoxy groups -OCH3 is 2. The summed E-state index contributed by atoms with van der Waals surface area (Å²) in [6, 6.07) is 11.9. The van der Waals surface area contributed by atoms with Gasteiger partial charge >= 0.3 is 0 Å². The van der Waals surface area contributed by atoms with Crippen molar-refractivity contribution < 1.29 is 18.7 Å². The van der Waals surface area contributed by atoms with Crippen molar-refractivity contribution in [2.24, 2.45) is 5.92 Å². The molecule has 34 heavy (non-hydrogen) atoms. The number of ether oxygens (including phenoxy) is 2. The molecule has 10 heteroatoms. The topological polar surface area (TPSA) is 85.7 Å². The van der Waals surface area contributed by atoms with E-state index in [-0.39, 0.29) is 23.2 Å². The first-order chi connectivity index (χ1) is 16.4. The summed E-state index contributed by atoms with van der Waals surface area (Å²) >= 11 is 6.20. The largest absolute Gasteiger partial charge is 0.495 e. The highest BCUT2D eigenvalue weighted by atomic mass is 35.5. The van der Waals surface area contributed by atoms with E-state index < -0.39 is 0 Å². The molecule has 1 aliphatic heterocycles. The number of halogens is 2. The van der Waals surface area contributed by atoms with Crippen molar-refractivity contribution in [3.63, 3.8) is 0 Å². The molecule has 1 saturated heterocycles. The lowest BCUT2D eigenvalue weighted by atomic mass is 9.95. The molecule has 3 aromatic rings. The van der Waals surface area contributed by atoms with Gasteiger partial charge in [0.2, 0.25) is 5.91 Å². The third-order valence-corrected chi connectivity index (χ3v) is 6.07. The van der Waals surface area contributed by atoms with Crippen molar-refractivity contribution in [3.05, 3.63) is 69.7 Å². The van der Waals surface area contributed by atoms with Crippen LogP contribution in [0.2, 0.25) is 5.02 Å². The number of amides is 1. The number of carbonyl (C=O) groups excluding carboxylic acids is 1. The Morgan fingerprint density at radius 3 is 2.38 bits per heavy atom. The summed E-state index contributed by atoms with van der Waals surface area (Å²) in [5.74, 6) is 0.820. The van der Waals surface area contributed by atoms with Crippen molar-refractivity contribution in [1.82, 2.24) is 9.78 Å². The fourth-order valence-electron chi connectivity index (χ4n) is 3.90. The average Bonchev–Trinajstić information content (AvgIpc) is 2.85. The molecule has 8 nitrogen and oxygen atoms in total. The summed E-state index contributed by atoms with van der Waals surface area (Å²) in [6.45, 7) is 1.18. The van der Waals surface area contributed by atoms with Crippen LogP contribution in [0.4, 0.5) is 15.9 Å². The summed E-state index contributed by atoms with van der Waals surface area (Å²) in [4.78, 5) is 27.2. The maximum absolute atomic E-state index is 13.2. The molecule has 0 atom stereocenters. The van der Waals surface area contributed by atoms with Crippen LogP contribution in [-0.2, 0) is 4.79 Å². The van der Waals surface area contributed by atoms with Gasteiger partial charge in [0.25, 0.3) is 5.56 Å². The van der Waals surface area contributed by atoms with Crippen LogP contribution in [0.15, 0.2) is 53.3 Å². The molecule has 0 saturated carbocycles. The zero-order valence-corrected chi connectivity index (χ0v) is 19.5. The number of hydrogen-bond donors (Lipinski definition) is 1. The molecular formula is C24H24ClFN4O4. The smallest absolute Gasteiger partial charge is 0.271 e. The molecule has 2 aromatic carbocycles. The second-order valence-electron chi connectivity index (χ2n) is 7.86. The number of benzene rings is 2. The molecule has 1 aromatic heterocycles. The maximum Gasteiger partial charge on any atom is 0.271 e. The number of carbonyl (C=O) groups is 1. The Kier molecular flexibility index (Phi) is 7.02. The molecule has 0 spiro atoms. The van der Waals surface area contributed by atoms with E-state index >= 15 is 0 Å². The summed E-state index contributed by atoms with van der Waals surface area (Å²) in [6.07, 6.45) is 1.21. The SMILES string of the molecule is COc1cc(OC)c(NC(=O)C2CCN(c3ccc(=O)n(-c4ccc(F)cc4)n3)CC2)cc1Cl. The van der Waals surface area contributed by atoms with Crippen molar-refractivity contribution in [3.8, 4) is 17.2 Å². The Labute approximate surface area is 200 Å². The third kappa shape index (κ3) is 4.99. The van der Waals surface area contributed by atoms with Gasteiger partial charge in [-0.25, -0.2) is 4.39 Å². The highest BCUT2D eigenvalue weighted by molar-refractivity contribution is 6.32. The summed E-state index contributed by atoms with van der Waals surface area (Å²) < 4.78 is 25.0. The molecule has 0 aliphatic carbocycles. The molecule has 1 N–H and O–H groups in total. The van der Waals surface area contributed by atoms with Gasteiger partial charge in [-0.05, 0) is 49.2 Å². The lowest BCUT2D eigenvalue weighted by Crippen LogP contribution is -2.39. The number of aromatic nitrogens is 2. The molecule has 4 rings (SSSR count). The predicted molar refractivity (Wildman–Crippen MR) is 128 cm³/mol. The van der Waals surface area contributed by atoms with Gasteiger partial charge in [-0.15, -0.1) is 5.10 Å². The Morgan fingerprint density at radius 2 is 1.74 bits per heavy atom. The van der Waals surface area contributed by atoms with E-state index in [4.69, 9.17) is 21.1 Å². The van der Waals surface area contributed by atoms with E-state index in [1.165, 1.54) is 49.2 Å². The first kappa shape index (κ1) is 23.6. The Balaban J connectivity index is 1.43. The lowest BCUT2D eigenvalue weighted by Gasteiger charge is -2.32. The van der Waals surface area contributed by atoms with E-state index in [1.807, 2.05) is 4.90 Å². The lowest BCUT2D eigenvalue weighted by molar-refractivity contribution is -0.120. The van der Waals surface area contributed by atoms with Crippen molar-refractivity contribution in [2.45, 2.75) is 12.8 Å². The molecule has 2 heterocycles. The highest BCUT2D eigenvalue weighted by Crippen LogP contribution is 2.36. The van der Waals surface area contributed by atoms with Gasteiger partial charge in [0.15, 0.2) is 0 Å². The number of hydrogen-bond acceptors (Lipinski definition) is 6. The molecule has 0 unspecified atom stereocenters. The second-order valence-corrected chi connectivity index (χ2v) is 8.26. The van der Waals surface area contributed by atoms with Gasteiger partial charge in [-0.3, -0.25) is 9.59 Å². The van der Waals surface area contributed by atoms with Crippen LogP contribution in [0.25, 0.3) is 5.69 Å². The minimum atomic E-state index is -0.386. The van der Waals surface area contributed by atoms with E-state index in [9.17, 15) is 14.0 Å². The zero-order valence-electron chi connectivity index (χ0n) is 18.8. The molecule has 1 amide bonds. The third-order valence-electron chi connectivity index (χ3n) is 5.78. The maximum atomic E-state index is 13.2. The Hall–Kier alpha value is -3.59. The fraction of sp³-hybridized carbons (Fsp3) is 0.292. The van der Waals surface area contributed by atoms with Gasteiger partial charge < -0.3 is 19.7 Å². The number of nitrogens with zero attached hydrogens (tertiary/aromatic N) is 3. The van der Waals surface area contributed by atoms with E-state index in [2.05, 4.69) is 10.4 Å². The van der Waals surface area contributed by atoms with Gasteiger partial charge in [0.1, 0.15) is 23.1 Å². The van der Waals surface area contributed by atoms with Crippen LogP contribution in [-0.4, -0.2) is 43.0 Å². The number of nitrogens with one attached hydrogen (secondary N) is 1. The number of rotatable bonds is 6. The van der Waals surface area contributed by atoms with E-state index in [0.29, 0.717) is 59.6 Å². The first-order valence-corrected chi connectivity index (χ1v) is 11.1. The molecular weight excluding hydrogens is 463 g/mol. The van der Waals surface area contributed by atoms with Gasteiger partial charge in [0, 0.05) is 31.1 Å². The minimum absolute atomic E-state index is 0.122. The fourth-order valence-corrected chi connectivity index (χ4v) is 4.14. The van der Waals surface area contributed by atoms with E-state index in [0.717, 1.165) is 0 Å². The standard InChI is InChI=1S/C24H24ClFN4O4/c1-33-20-14-21(34-2)19(13-18(20)25)27-24(32)15-9-11-29(12-10-15)22-7-8-23(31)30(28-22)17-5-3-16(26)4-6-17/h3-8,13-15H,9-12H2,1-2H3,(H,27,32). The van der Waals surface area contributed by atoms with Crippen LogP contribution >= 0.6 is 11.6 Å². The molecule has 1 fully saturated rings. The van der Waals surface area contributed by atoms with Gasteiger partial charge in [0.05, 0.1) is 30.6 Å². The predicted octanol–water partition coefficient (Wildman–Crippen LogP) is 3.90. The Morgan fingerprint density at radius 1 is 1.06 bits per heavy atom. The van der Waals surface area contributed by atoms with Gasteiger partial charge in [-0.2, -0.15) is 4.68 Å². The van der Waals surface area contributed by atoms with Crippen molar-refractivity contribution in [2.75, 3.05) is 37.5 Å². The van der Waals surface area contributed by atoms with Crippen LogP contribution < -0.4 is 25.2 Å². The molecule has 0 bridgehead atoms. The summed E-state index contributed by atoms with van der Waals surface area (Å²) in [7, 11) is 3.02. The normalized spacial score (nSPS) is 14.1. The van der Waals surface area contributed by atoms with Crippen molar-refractivity contribution >= 4 is 29.0 Å². The zero-order chi connectivity index (χ0) is 24.2. The second kappa shape index (κ2) is 10.1. The van der Waals surface area contributed by atoms with Crippen LogP contribution in [0.1, 0.15) is 12.8 Å². The first-order valence-electron chi connectivity index (χ1n) is 10.7. The monoisotopic (exact) mass is 486 g/mol. The minimum Gasteiger partial charge on any atom is -0.495 e. The quantitative estimate of drug-likeness (QED) is 0.569. The number of piperidine rings is 1. The van der Waals surface area contributed by atoms with Crippen molar-refractivity contribution in [1.29, 1.82) is 0 Å². The van der Waals surface area contributed by atoms with Crippen LogP contribution in [0.3, 0.4) is 0 Å². The number of anilines is 2. The highest BCUT2D eigenvalue weighted by Gasteiger charge is 2.27. The van der Waals surface area contributed by atoms with Gasteiger partial charge in [-0.1, -0.05) is 11.6 Å². The Bertz CT molecular complexity index is 1240.